The quantitative estimate of drug-likeness (QED) is 0.618. The highest BCUT2D eigenvalue weighted by atomic mass is 32.2. The molecule has 2 amide bonds. The van der Waals surface area contributed by atoms with Gasteiger partial charge in [0.05, 0.1) is 25.8 Å². The second-order valence-corrected chi connectivity index (χ2v) is 7.10. The van der Waals surface area contributed by atoms with Gasteiger partial charge in [-0.1, -0.05) is 12.1 Å². The number of amides is 2. The van der Waals surface area contributed by atoms with Crippen LogP contribution in [0.3, 0.4) is 0 Å². The largest absolute Gasteiger partial charge is 0.268 e. The topological polar surface area (TPSA) is 103 Å². The Labute approximate surface area is 132 Å². The monoisotopic (exact) mass is 326 g/mol. The van der Waals surface area contributed by atoms with Crippen LogP contribution in [0.5, 0.6) is 0 Å². The van der Waals surface area contributed by atoms with Crippen LogP contribution < -0.4 is 4.90 Å². The number of nitriles is 1. The fourth-order valence-corrected chi connectivity index (χ4v) is 3.09. The van der Waals surface area contributed by atoms with Gasteiger partial charge in [-0.2, -0.15) is 5.26 Å². The Hall–Kier alpha value is -3.05. The lowest BCUT2D eigenvalue weighted by molar-refractivity contribution is 0.0925. The molecule has 1 aliphatic heterocycles. The Morgan fingerprint density at radius 2 is 1.74 bits per heavy atom. The van der Waals surface area contributed by atoms with Gasteiger partial charge in [0.1, 0.15) is 5.82 Å². The number of carbonyl (C=O) groups excluding carboxylic acids is 2. The number of anilines is 1. The molecule has 114 valence electrons. The predicted octanol–water partition coefficient (Wildman–Crippen LogP) is 1.82. The minimum Gasteiger partial charge on any atom is -0.268 e. The average molecular weight is 326 g/mol. The number of benzene rings is 1. The Morgan fingerprint density at radius 1 is 1.13 bits per heavy atom. The van der Waals surface area contributed by atoms with E-state index in [1.165, 1.54) is 30.8 Å². The van der Waals surface area contributed by atoms with Gasteiger partial charge < -0.3 is 0 Å². The zero-order valence-corrected chi connectivity index (χ0v) is 12.8. The van der Waals surface area contributed by atoms with Gasteiger partial charge in [-0.3, -0.25) is 9.59 Å². The normalized spacial score (nSPS) is 15.7. The van der Waals surface area contributed by atoms with Gasteiger partial charge in [0.2, 0.25) is 6.19 Å². The number of imide groups is 1. The maximum atomic E-state index is 12.3. The van der Waals surface area contributed by atoms with Crippen LogP contribution in [0.15, 0.2) is 51.9 Å². The Bertz CT molecular complexity index is 948. The van der Waals surface area contributed by atoms with E-state index in [-0.39, 0.29) is 10.7 Å². The number of carbonyl (C=O) groups is 2. The first-order chi connectivity index (χ1) is 11.0. The summed E-state index contributed by atoms with van der Waals surface area (Å²) in [6, 6.07) is 9.37. The molecule has 2 heterocycles. The highest BCUT2D eigenvalue weighted by Gasteiger charge is 2.37. The number of pyridine rings is 1. The fraction of sp³-hybridized carbons (Fsp3) is 0.0667. The molecule has 0 saturated heterocycles. The molecular formula is C15H10N4O3S. The molecule has 0 spiro atoms. The van der Waals surface area contributed by atoms with E-state index in [2.05, 4.69) is 9.35 Å². The van der Waals surface area contributed by atoms with Crippen molar-refractivity contribution in [3.63, 3.8) is 0 Å². The lowest BCUT2D eigenvalue weighted by Gasteiger charge is -2.13. The zero-order chi connectivity index (χ0) is 16.6. The van der Waals surface area contributed by atoms with E-state index in [1.54, 1.807) is 24.3 Å². The maximum Gasteiger partial charge on any atom is 0.267 e. The van der Waals surface area contributed by atoms with Crippen molar-refractivity contribution in [1.82, 2.24) is 4.98 Å². The molecule has 0 radical (unpaired) electrons. The van der Waals surface area contributed by atoms with Crippen molar-refractivity contribution in [2.75, 3.05) is 11.2 Å². The molecule has 7 nitrogen and oxygen atoms in total. The van der Waals surface area contributed by atoms with Crippen LogP contribution in [0.4, 0.5) is 5.82 Å². The maximum absolute atomic E-state index is 12.3. The summed E-state index contributed by atoms with van der Waals surface area (Å²) in [5.41, 5.74) is 0.643. The molecule has 0 saturated carbocycles. The number of nitrogens with zero attached hydrogens (tertiary/aromatic N) is 4. The van der Waals surface area contributed by atoms with Crippen LogP contribution in [0.25, 0.3) is 0 Å². The number of aromatic nitrogens is 1. The summed E-state index contributed by atoms with van der Waals surface area (Å²) >= 11 is 0. The molecule has 0 fully saturated rings. The number of fused-ring (bicyclic) bond motifs is 1. The molecule has 1 aromatic carbocycles. The number of hydrogen-bond acceptors (Lipinski definition) is 6. The first kappa shape index (κ1) is 14.9. The summed E-state index contributed by atoms with van der Waals surface area (Å²) in [7, 11) is -2.87. The van der Waals surface area contributed by atoms with Crippen molar-refractivity contribution < 1.29 is 13.8 Å². The van der Waals surface area contributed by atoms with Gasteiger partial charge in [-0.25, -0.2) is 14.1 Å². The first-order valence-corrected chi connectivity index (χ1v) is 8.42. The molecular weight excluding hydrogens is 316 g/mol. The summed E-state index contributed by atoms with van der Waals surface area (Å²) in [5.74, 6) is -0.776. The highest BCUT2D eigenvalue weighted by molar-refractivity contribution is 7.93. The van der Waals surface area contributed by atoms with Crippen molar-refractivity contribution in [3.8, 4) is 6.19 Å². The molecule has 1 atom stereocenters. The van der Waals surface area contributed by atoms with Crippen LogP contribution in [0.2, 0.25) is 0 Å². The summed E-state index contributed by atoms with van der Waals surface area (Å²) in [6.07, 6.45) is 4.07. The van der Waals surface area contributed by atoms with Gasteiger partial charge in [0.25, 0.3) is 11.8 Å². The van der Waals surface area contributed by atoms with E-state index in [1.807, 2.05) is 0 Å². The van der Waals surface area contributed by atoms with Gasteiger partial charge in [-0.05, 0) is 24.3 Å². The molecule has 3 rings (SSSR count). The third kappa shape index (κ3) is 2.37. The van der Waals surface area contributed by atoms with Gasteiger partial charge in [-0.15, -0.1) is 4.36 Å². The van der Waals surface area contributed by atoms with Gasteiger partial charge in [0.15, 0.2) is 0 Å². The van der Waals surface area contributed by atoms with E-state index >= 15 is 0 Å². The molecule has 0 aliphatic carbocycles. The second-order valence-electron chi connectivity index (χ2n) is 4.84. The Balaban J connectivity index is 2.01. The number of hydrogen-bond donors (Lipinski definition) is 0. The van der Waals surface area contributed by atoms with Crippen molar-refractivity contribution in [3.05, 3.63) is 53.7 Å². The third-order valence-corrected chi connectivity index (χ3v) is 4.94. The molecule has 1 aliphatic rings. The molecule has 2 aromatic rings. The van der Waals surface area contributed by atoms with Crippen LogP contribution in [-0.2, 0) is 9.73 Å². The smallest absolute Gasteiger partial charge is 0.267 e. The minimum absolute atomic E-state index is 0.132. The van der Waals surface area contributed by atoms with Gasteiger partial charge in [0, 0.05) is 12.5 Å². The minimum atomic E-state index is -2.87. The van der Waals surface area contributed by atoms with Crippen LogP contribution in [0.1, 0.15) is 20.7 Å². The molecule has 8 heteroatoms. The first-order valence-electron chi connectivity index (χ1n) is 6.50. The SMILES string of the molecule is CS(=O)(=NC#N)c1ccc(N2C(=O)c3ccccc3C2=O)nc1. The fourth-order valence-electron chi connectivity index (χ4n) is 2.26. The summed E-state index contributed by atoms with van der Waals surface area (Å²) in [5, 5.41) is 8.55. The van der Waals surface area contributed by atoms with E-state index in [0.29, 0.717) is 11.1 Å². The lowest BCUT2D eigenvalue weighted by atomic mass is 10.1. The predicted molar refractivity (Wildman–Crippen MR) is 82.2 cm³/mol. The van der Waals surface area contributed by atoms with E-state index in [4.69, 9.17) is 5.26 Å². The number of rotatable bonds is 2. The summed E-state index contributed by atoms with van der Waals surface area (Å²) in [4.78, 5) is 29.9. The van der Waals surface area contributed by atoms with Crippen LogP contribution in [0, 0.1) is 11.5 Å². The summed E-state index contributed by atoms with van der Waals surface area (Å²) in [6.45, 7) is 0. The van der Waals surface area contributed by atoms with E-state index < -0.39 is 21.5 Å². The van der Waals surface area contributed by atoms with Crippen molar-refractivity contribution in [1.29, 1.82) is 5.26 Å². The van der Waals surface area contributed by atoms with Crippen molar-refractivity contribution in [2.45, 2.75) is 4.90 Å². The zero-order valence-electron chi connectivity index (χ0n) is 12.0. The summed E-state index contributed by atoms with van der Waals surface area (Å²) < 4.78 is 15.5. The van der Waals surface area contributed by atoms with Gasteiger partial charge >= 0.3 is 0 Å². The second kappa shape index (κ2) is 5.30. The standard InChI is InChI=1S/C15H10N4O3S/c1-23(22,18-9-16)10-6-7-13(17-8-10)19-14(20)11-4-2-3-5-12(11)15(19)21/h2-8H,1H3. The molecule has 1 unspecified atom stereocenters. The molecule has 0 N–H and O–H groups in total. The average Bonchev–Trinajstić information content (AvgIpc) is 2.79. The highest BCUT2D eigenvalue weighted by Crippen LogP contribution is 2.27. The lowest BCUT2D eigenvalue weighted by Crippen LogP contribution is -2.30. The van der Waals surface area contributed by atoms with Crippen molar-refractivity contribution >= 4 is 27.4 Å². The molecule has 0 bridgehead atoms. The molecule has 1 aromatic heterocycles. The van der Waals surface area contributed by atoms with E-state index in [9.17, 15) is 13.8 Å². The van der Waals surface area contributed by atoms with Crippen LogP contribution >= 0.6 is 0 Å². The Kier molecular flexibility index (Phi) is 3.42. The van der Waals surface area contributed by atoms with E-state index in [0.717, 1.165) is 4.90 Å². The van der Waals surface area contributed by atoms with Crippen LogP contribution in [-0.4, -0.2) is 27.3 Å². The van der Waals surface area contributed by atoms with Crippen molar-refractivity contribution in [2.24, 2.45) is 4.36 Å². The third-order valence-electron chi connectivity index (χ3n) is 3.40. The Morgan fingerprint density at radius 3 is 2.22 bits per heavy atom. The molecule has 23 heavy (non-hydrogen) atoms.